The summed E-state index contributed by atoms with van der Waals surface area (Å²) in [6, 6.07) is 27.5. The molecule has 0 amide bonds. The third-order valence-electron chi connectivity index (χ3n) is 7.67. The van der Waals surface area contributed by atoms with Crippen LogP contribution < -0.4 is 0 Å². The van der Waals surface area contributed by atoms with Crippen LogP contribution in [0.1, 0.15) is 34.3 Å². The van der Waals surface area contributed by atoms with Gasteiger partial charge >= 0.3 is 0 Å². The number of aromatic nitrogens is 12. The Morgan fingerprint density at radius 3 is 1.54 bits per heavy atom. The van der Waals surface area contributed by atoms with Crippen LogP contribution in [0, 0.1) is 0 Å². The van der Waals surface area contributed by atoms with Crippen LogP contribution in [0.5, 0.6) is 0 Å². The summed E-state index contributed by atoms with van der Waals surface area (Å²) >= 11 is 12.0. The number of rotatable bonds is 6. The average molecular weight is 648 g/mol. The van der Waals surface area contributed by atoms with Gasteiger partial charge in [0.05, 0.1) is 11.0 Å². The lowest BCUT2D eigenvalue weighted by Crippen LogP contribution is -2.13. The summed E-state index contributed by atoms with van der Waals surface area (Å²) in [5.74, 6) is 0. The highest BCUT2D eigenvalue weighted by molar-refractivity contribution is 6.30. The van der Waals surface area contributed by atoms with Crippen molar-refractivity contribution in [2.24, 2.45) is 14.1 Å². The number of aryl methyl sites for hydroxylation is 2. The van der Waals surface area contributed by atoms with E-state index in [-0.39, 0.29) is 12.1 Å². The molecular weight excluding hydrogens is 621 g/mol. The van der Waals surface area contributed by atoms with Gasteiger partial charge in [-0.05, 0) is 70.8 Å². The van der Waals surface area contributed by atoms with Gasteiger partial charge in [-0.25, -0.2) is 28.7 Å². The van der Waals surface area contributed by atoms with E-state index in [4.69, 9.17) is 23.2 Å². The van der Waals surface area contributed by atoms with Gasteiger partial charge in [-0.2, -0.15) is 10.2 Å². The first kappa shape index (κ1) is 29.3. The van der Waals surface area contributed by atoms with Crippen LogP contribution in [-0.4, -0.2) is 59.5 Å². The highest BCUT2D eigenvalue weighted by Crippen LogP contribution is 2.30. The van der Waals surface area contributed by atoms with Gasteiger partial charge in [0.1, 0.15) is 48.4 Å². The van der Waals surface area contributed by atoms with E-state index in [0.717, 1.165) is 44.3 Å². The van der Waals surface area contributed by atoms with Crippen molar-refractivity contribution >= 4 is 45.3 Å². The molecule has 4 aromatic heterocycles. The van der Waals surface area contributed by atoms with Crippen LogP contribution in [0.15, 0.2) is 110 Å². The predicted molar refractivity (Wildman–Crippen MR) is 174 cm³/mol. The molecule has 0 fully saturated rings. The fourth-order valence-electron chi connectivity index (χ4n) is 5.43. The quantitative estimate of drug-likeness (QED) is 0.225. The molecule has 0 aliphatic carbocycles. The van der Waals surface area contributed by atoms with Gasteiger partial charge in [-0.3, -0.25) is 0 Å². The average Bonchev–Trinajstić information content (AvgIpc) is 3.90. The van der Waals surface area contributed by atoms with Gasteiger partial charge in [0.25, 0.3) is 0 Å². The van der Waals surface area contributed by atoms with Gasteiger partial charge in [0, 0.05) is 24.1 Å². The van der Waals surface area contributed by atoms with Crippen molar-refractivity contribution in [2.75, 3.05) is 0 Å². The number of halogens is 2. The minimum absolute atomic E-state index is 0.0888. The summed E-state index contributed by atoms with van der Waals surface area (Å²) in [5.41, 5.74) is 7.97. The number of fused-ring (bicyclic) bond motifs is 2. The maximum Gasteiger partial charge on any atom is 0.137 e. The number of hydrogen-bond donors (Lipinski definition) is 0. The molecule has 0 saturated heterocycles. The molecule has 0 spiro atoms. The van der Waals surface area contributed by atoms with Gasteiger partial charge in [0.15, 0.2) is 0 Å². The Morgan fingerprint density at radius 1 is 0.522 bits per heavy atom. The molecule has 8 aromatic rings. The summed E-state index contributed by atoms with van der Waals surface area (Å²) < 4.78 is 7.17. The minimum atomic E-state index is -0.0961. The summed E-state index contributed by atoms with van der Waals surface area (Å²) in [6.07, 6.45) is 6.49. The van der Waals surface area contributed by atoms with Crippen molar-refractivity contribution < 1.29 is 0 Å². The molecular formula is C32H26Cl2N12. The normalized spacial score (nSPS) is 12.6. The van der Waals surface area contributed by atoms with Gasteiger partial charge in [-0.15, -0.1) is 10.2 Å². The molecule has 0 saturated carbocycles. The second kappa shape index (κ2) is 12.5. The SMILES string of the molecule is [11CH3]n1nnc2cc([C@H](c3ccc(Cl)cc3)n3cncn3)ccc21.[11CH3]n1nnc2ccc([C@H](c3ccc(Cl)cc3)n3cncn3)cc21. The molecule has 0 aliphatic heterocycles. The lowest BCUT2D eigenvalue weighted by atomic mass is 9.98. The molecule has 14 heteroatoms. The van der Waals surface area contributed by atoms with Crippen LogP contribution in [0.4, 0.5) is 0 Å². The fraction of sp³-hybridized carbons (Fsp3) is 0.125. The van der Waals surface area contributed by atoms with Crippen LogP contribution in [-0.2, 0) is 14.1 Å². The standard InChI is InChI=1S/2C16H13ClN6/c1-22-15-7-4-12(8-14(15)20-21-22)16(23-10-18-9-19-23)11-2-5-13(17)6-3-11;1-22-15-8-12(4-7-14(15)20-21-22)16(23-10-18-9-19-23)11-2-5-13(17)6-3-11/h2*2-10,16H,1H3/t2*16-/m00/s1/i2*1-1. The third kappa shape index (κ3) is 5.83. The first-order valence-corrected chi connectivity index (χ1v) is 15.0. The summed E-state index contributed by atoms with van der Waals surface area (Å²) in [5, 5.41) is 26.5. The second-order valence-electron chi connectivity index (χ2n) is 10.6. The Kier molecular flexibility index (Phi) is 7.95. The van der Waals surface area contributed by atoms with Crippen molar-refractivity contribution in [1.82, 2.24) is 59.5 Å². The molecule has 0 N–H and O–H groups in total. The maximum absolute atomic E-state index is 6.02. The Morgan fingerprint density at radius 2 is 1.00 bits per heavy atom. The maximum atomic E-state index is 6.02. The second-order valence-corrected chi connectivity index (χ2v) is 11.5. The fourth-order valence-corrected chi connectivity index (χ4v) is 5.68. The Labute approximate surface area is 272 Å². The highest BCUT2D eigenvalue weighted by Gasteiger charge is 2.20. The molecule has 0 radical (unpaired) electrons. The van der Waals surface area contributed by atoms with Gasteiger partial charge in [-0.1, -0.05) is 70.0 Å². The summed E-state index contributed by atoms with van der Waals surface area (Å²) in [7, 11) is 3.76. The predicted octanol–water partition coefficient (Wildman–Crippen LogP) is 5.70. The molecule has 4 aromatic carbocycles. The minimum Gasteiger partial charge on any atom is -0.248 e. The Bertz CT molecular complexity index is 2200. The topological polar surface area (TPSA) is 123 Å². The zero-order chi connectivity index (χ0) is 31.6. The molecule has 228 valence electrons. The van der Waals surface area contributed by atoms with Crippen LogP contribution in [0.25, 0.3) is 22.1 Å². The van der Waals surface area contributed by atoms with Gasteiger partial charge < -0.3 is 0 Å². The molecule has 0 aliphatic rings. The Hall–Kier alpha value is -5.46. The summed E-state index contributed by atoms with van der Waals surface area (Å²) in [6.45, 7) is 0. The third-order valence-corrected chi connectivity index (χ3v) is 8.18. The molecule has 12 nitrogen and oxygen atoms in total. The van der Waals surface area contributed by atoms with Crippen LogP contribution >= 0.6 is 23.2 Å². The van der Waals surface area contributed by atoms with E-state index in [9.17, 15) is 0 Å². The van der Waals surface area contributed by atoms with E-state index in [1.165, 1.54) is 12.7 Å². The summed E-state index contributed by atoms with van der Waals surface area (Å²) in [4.78, 5) is 8.15. The highest BCUT2D eigenvalue weighted by atomic mass is 35.5. The molecule has 8 rings (SSSR count). The van der Waals surface area contributed by atoms with Crippen molar-refractivity contribution in [1.29, 1.82) is 0 Å². The first-order chi connectivity index (χ1) is 22.4. The van der Waals surface area contributed by atoms with E-state index in [0.29, 0.717) is 10.0 Å². The van der Waals surface area contributed by atoms with E-state index < -0.39 is 0 Å². The van der Waals surface area contributed by atoms with Gasteiger partial charge in [0.2, 0.25) is 0 Å². The van der Waals surface area contributed by atoms with Crippen molar-refractivity contribution in [3.05, 3.63) is 143 Å². The number of benzene rings is 4. The molecule has 46 heavy (non-hydrogen) atoms. The zero-order valence-corrected chi connectivity index (χ0v) is 26.2. The zero-order valence-electron chi connectivity index (χ0n) is 24.7. The number of nitrogens with zero attached hydrogens (tertiary/aromatic N) is 12. The van der Waals surface area contributed by atoms with Crippen molar-refractivity contribution in [3.8, 4) is 0 Å². The van der Waals surface area contributed by atoms with Crippen LogP contribution in [0.3, 0.4) is 0 Å². The van der Waals surface area contributed by atoms with E-state index >= 15 is 0 Å². The largest absolute Gasteiger partial charge is 0.248 e. The molecule has 2 atom stereocenters. The lowest BCUT2D eigenvalue weighted by Gasteiger charge is -2.18. The van der Waals surface area contributed by atoms with E-state index in [1.54, 1.807) is 22.0 Å². The van der Waals surface area contributed by atoms with Crippen molar-refractivity contribution in [2.45, 2.75) is 12.1 Å². The molecule has 0 bridgehead atoms. The number of hydrogen-bond acceptors (Lipinski definition) is 8. The van der Waals surface area contributed by atoms with E-state index in [1.807, 2.05) is 96.3 Å². The first-order valence-electron chi connectivity index (χ1n) is 14.2. The smallest absolute Gasteiger partial charge is 0.137 e. The molecule has 4 heterocycles. The monoisotopic (exact) mass is 646 g/mol. The van der Waals surface area contributed by atoms with Crippen molar-refractivity contribution in [3.63, 3.8) is 0 Å². The van der Waals surface area contributed by atoms with Crippen LogP contribution in [0.2, 0.25) is 10.0 Å². The Balaban J connectivity index is 0.000000147. The molecule has 0 unspecified atom stereocenters. The van der Waals surface area contributed by atoms with E-state index in [2.05, 4.69) is 52.9 Å². The lowest BCUT2D eigenvalue weighted by molar-refractivity contribution is 0.594.